The van der Waals surface area contributed by atoms with Crippen molar-refractivity contribution in [2.24, 2.45) is 0 Å². The Morgan fingerprint density at radius 1 is 1.17 bits per heavy atom. The molecule has 1 fully saturated rings. The predicted molar refractivity (Wildman–Crippen MR) is 110 cm³/mol. The van der Waals surface area contributed by atoms with E-state index in [0.717, 1.165) is 29.5 Å². The van der Waals surface area contributed by atoms with Gasteiger partial charge in [-0.3, -0.25) is 9.59 Å². The fourth-order valence-electron chi connectivity index (χ4n) is 3.29. The molecule has 0 saturated heterocycles. The number of methoxy groups -OCH3 is 1. The number of H-pyrrole nitrogens is 1. The minimum Gasteiger partial charge on any atom is -0.380 e. The molecule has 4 rings (SSSR count). The molecule has 0 aliphatic heterocycles. The Morgan fingerprint density at radius 3 is 2.52 bits per heavy atom. The molecule has 150 valence electrons. The Labute approximate surface area is 168 Å². The lowest BCUT2D eigenvalue weighted by molar-refractivity contribution is -0.114. The first kappa shape index (κ1) is 19.1. The number of amides is 2. The summed E-state index contributed by atoms with van der Waals surface area (Å²) in [6.45, 7) is 4.08. The van der Waals surface area contributed by atoms with Crippen LogP contribution >= 0.6 is 0 Å². The second kappa shape index (κ2) is 7.29. The fraction of sp³-hybridized carbons (Fsp3) is 0.333. The lowest BCUT2D eigenvalue weighted by atomic mass is 10.0. The number of nitrogens with one attached hydrogen (secondary N) is 3. The zero-order valence-corrected chi connectivity index (χ0v) is 16.6. The smallest absolute Gasteiger partial charge is 0.293 e. The van der Waals surface area contributed by atoms with Gasteiger partial charge < -0.3 is 20.4 Å². The quantitative estimate of drug-likeness (QED) is 0.595. The van der Waals surface area contributed by atoms with Gasteiger partial charge in [-0.15, -0.1) is 0 Å². The maximum Gasteiger partial charge on any atom is 0.293 e. The van der Waals surface area contributed by atoms with Crippen LogP contribution in [-0.4, -0.2) is 33.9 Å². The maximum absolute atomic E-state index is 12.8. The van der Waals surface area contributed by atoms with Gasteiger partial charge in [0.2, 0.25) is 11.7 Å². The summed E-state index contributed by atoms with van der Waals surface area (Å²) in [5.74, 6) is 0.0718. The molecule has 1 saturated carbocycles. The largest absolute Gasteiger partial charge is 0.380 e. The molecule has 0 bridgehead atoms. The van der Waals surface area contributed by atoms with Crippen LogP contribution in [0, 0.1) is 0 Å². The Balaban J connectivity index is 1.65. The first-order valence-corrected chi connectivity index (χ1v) is 9.46. The minimum atomic E-state index is -0.382. The zero-order chi connectivity index (χ0) is 20.6. The highest BCUT2D eigenvalue weighted by Gasteiger charge is 2.42. The molecule has 1 aromatic carbocycles. The number of carbonyl (C=O) groups excluding carboxylic acids is 2. The summed E-state index contributed by atoms with van der Waals surface area (Å²) in [6, 6.07) is 9.25. The monoisotopic (exact) mass is 393 g/mol. The second-order valence-electron chi connectivity index (χ2n) is 7.67. The number of aromatic amines is 1. The summed E-state index contributed by atoms with van der Waals surface area (Å²) in [5, 5.41) is 6.39. The molecule has 0 unspecified atom stereocenters. The van der Waals surface area contributed by atoms with Crippen LogP contribution < -0.4 is 10.6 Å². The summed E-state index contributed by atoms with van der Waals surface area (Å²) in [5.41, 5.74) is 2.96. The van der Waals surface area contributed by atoms with Crippen LogP contribution in [0.2, 0.25) is 0 Å². The molecule has 2 heterocycles. The molecule has 8 heteroatoms. The number of fused-ring (bicyclic) bond motifs is 1. The SMILES string of the molecule is COCc1ccc(NC(=O)c2nc(C3(C)CC3)c3cc(NC(C)=O)[nH]c3n2)cc1. The first-order chi connectivity index (χ1) is 13.9. The van der Waals surface area contributed by atoms with Gasteiger partial charge in [-0.05, 0) is 36.6 Å². The fourth-order valence-corrected chi connectivity index (χ4v) is 3.29. The summed E-state index contributed by atoms with van der Waals surface area (Å²) >= 11 is 0. The van der Waals surface area contributed by atoms with Crippen LogP contribution in [0.1, 0.15) is 48.6 Å². The summed E-state index contributed by atoms with van der Waals surface area (Å²) < 4.78 is 5.10. The molecule has 1 aliphatic carbocycles. The van der Waals surface area contributed by atoms with Crippen molar-refractivity contribution in [1.29, 1.82) is 0 Å². The molecular weight excluding hydrogens is 370 g/mol. The highest BCUT2D eigenvalue weighted by Crippen LogP contribution is 2.49. The molecule has 3 N–H and O–H groups in total. The van der Waals surface area contributed by atoms with Crippen molar-refractivity contribution in [3.8, 4) is 0 Å². The molecule has 2 aromatic heterocycles. The van der Waals surface area contributed by atoms with E-state index in [1.54, 1.807) is 7.11 Å². The van der Waals surface area contributed by atoms with E-state index in [4.69, 9.17) is 4.74 Å². The van der Waals surface area contributed by atoms with Gasteiger partial charge in [0.15, 0.2) is 0 Å². The number of benzene rings is 1. The maximum atomic E-state index is 12.8. The van der Waals surface area contributed by atoms with Crippen LogP contribution in [-0.2, 0) is 21.6 Å². The van der Waals surface area contributed by atoms with Gasteiger partial charge in [0.05, 0.1) is 12.3 Å². The van der Waals surface area contributed by atoms with E-state index in [9.17, 15) is 9.59 Å². The Kier molecular flexibility index (Phi) is 4.79. The average molecular weight is 393 g/mol. The number of aromatic nitrogens is 3. The van der Waals surface area contributed by atoms with Crippen molar-refractivity contribution < 1.29 is 14.3 Å². The van der Waals surface area contributed by atoms with Crippen molar-refractivity contribution in [3.05, 3.63) is 47.4 Å². The van der Waals surface area contributed by atoms with E-state index in [2.05, 4.69) is 32.5 Å². The second-order valence-corrected chi connectivity index (χ2v) is 7.67. The lowest BCUT2D eigenvalue weighted by Crippen LogP contribution is -2.18. The third-order valence-corrected chi connectivity index (χ3v) is 5.10. The van der Waals surface area contributed by atoms with Crippen molar-refractivity contribution in [1.82, 2.24) is 15.0 Å². The molecule has 3 aromatic rings. The van der Waals surface area contributed by atoms with Crippen LogP contribution in [0.3, 0.4) is 0 Å². The van der Waals surface area contributed by atoms with Gasteiger partial charge in [-0.1, -0.05) is 19.1 Å². The number of carbonyl (C=O) groups is 2. The number of nitrogens with zero attached hydrogens (tertiary/aromatic N) is 2. The third-order valence-electron chi connectivity index (χ3n) is 5.10. The van der Waals surface area contributed by atoms with Gasteiger partial charge >= 0.3 is 0 Å². The summed E-state index contributed by atoms with van der Waals surface area (Å²) in [4.78, 5) is 36.3. The average Bonchev–Trinajstić information content (AvgIpc) is 3.29. The molecule has 8 nitrogen and oxygen atoms in total. The van der Waals surface area contributed by atoms with Crippen LogP contribution in [0.25, 0.3) is 11.0 Å². The molecular formula is C21H23N5O3. The minimum absolute atomic E-state index is 0.0757. The van der Waals surface area contributed by atoms with Crippen molar-refractivity contribution >= 4 is 34.4 Å². The predicted octanol–water partition coefficient (Wildman–Crippen LogP) is 3.37. The third kappa shape index (κ3) is 3.97. The van der Waals surface area contributed by atoms with Gasteiger partial charge in [0, 0.05) is 30.5 Å². The number of rotatable bonds is 6. The molecule has 0 radical (unpaired) electrons. The van der Waals surface area contributed by atoms with Crippen molar-refractivity contribution in [2.45, 2.75) is 38.7 Å². The standard InChI is InChI=1S/C21H23N5O3/c1-12(27)22-16-10-15-17(21(2)8-9-21)25-19(26-18(15)24-16)20(28)23-14-6-4-13(5-7-14)11-29-3/h4-7,10H,8-9,11H2,1-3H3,(H,22,27)(H,23,28)(H,24,25,26). The Hall–Kier alpha value is -3.26. The highest BCUT2D eigenvalue weighted by atomic mass is 16.5. The molecule has 0 spiro atoms. The van der Waals surface area contributed by atoms with E-state index >= 15 is 0 Å². The van der Waals surface area contributed by atoms with Crippen molar-refractivity contribution in [3.63, 3.8) is 0 Å². The van der Waals surface area contributed by atoms with Crippen LogP contribution in [0.15, 0.2) is 30.3 Å². The van der Waals surface area contributed by atoms with E-state index in [0.29, 0.717) is 23.8 Å². The molecule has 0 atom stereocenters. The first-order valence-electron chi connectivity index (χ1n) is 9.46. The number of hydrogen-bond acceptors (Lipinski definition) is 5. The van der Waals surface area contributed by atoms with Gasteiger partial charge in [0.25, 0.3) is 5.91 Å². The van der Waals surface area contributed by atoms with E-state index in [-0.39, 0.29) is 23.1 Å². The number of anilines is 2. The normalized spacial score (nSPS) is 14.6. The van der Waals surface area contributed by atoms with E-state index in [1.807, 2.05) is 30.3 Å². The van der Waals surface area contributed by atoms with Crippen LogP contribution in [0.5, 0.6) is 0 Å². The zero-order valence-electron chi connectivity index (χ0n) is 16.6. The number of ether oxygens (including phenoxy) is 1. The van der Waals surface area contributed by atoms with Crippen molar-refractivity contribution in [2.75, 3.05) is 17.7 Å². The lowest BCUT2D eigenvalue weighted by Gasteiger charge is -2.11. The summed E-state index contributed by atoms with van der Waals surface area (Å²) in [6.07, 6.45) is 2.00. The molecule has 29 heavy (non-hydrogen) atoms. The molecule has 2 amide bonds. The molecule has 1 aliphatic rings. The van der Waals surface area contributed by atoms with Crippen LogP contribution in [0.4, 0.5) is 11.5 Å². The van der Waals surface area contributed by atoms with Gasteiger partial charge in [-0.25, -0.2) is 9.97 Å². The summed E-state index contributed by atoms with van der Waals surface area (Å²) in [7, 11) is 1.64. The Morgan fingerprint density at radius 2 is 1.90 bits per heavy atom. The topological polar surface area (TPSA) is 109 Å². The number of hydrogen-bond donors (Lipinski definition) is 3. The van der Waals surface area contributed by atoms with E-state index in [1.165, 1.54) is 6.92 Å². The Bertz CT molecular complexity index is 1080. The van der Waals surface area contributed by atoms with Gasteiger partial charge in [0.1, 0.15) is 11.5 Å². The van der Waals surface area contributed by atoms with E-state index < -0.39 is 0 Å². The highest BCUT2D eigenvalue weighted by molar-refractivity contribution is 6.03. The van der Waals surface area contributed by atoms with Gasteiger partial charge in [-0.2, -0.15) is 0 Å².